The molecular weight excluding hydrogens is 248 g/mol. The smallest absolute Gasteiger partial charge is 0.310 e. The summed E-state index contributed by atoms with van der Waals surface area (Å²) in [7, 11) is 0. The predicted molar refractivity (Wildman–Crippen MR) is 71.5 cm³/mol. The molecule has 6 nitrogen and oxygen atoms in total. The largest absolute Gasteiger partial charge is 0.481 e. The van der Waals surface area contributed by atoms with Crippen LogP contribution in [0.5, 0.6) is 0 Å². The molecule has 0 aliphatic heterocycles. The number of nitrogens with one attached hydrogen (secondary N) is 2. The summed E-state index contributed by atoms with van der Waals surface area (Å²) in [5, 5.41) is 14.4. The van der Waals surface area contributed by atoms with E-state index in [0.29, 0.717) is 6.54 Å². The number of carbonyl (C=O) groups is 3. The number of carboxylic acid groups (broad SMARTS) is 1. The van der Waals surface area contributed by atoms with E-state index in [1.54, 1.807) is 20.8 Å². The summed E-state index contributed by atoms with van der Waals surface area (Å²) in [5.41, 5.74) is -1.09. The fraction of sp³-hybridized carbons (Fsp3) is 0.769. The lowest BCUT2D eigenvalue weighted by molar-refractivity contribution is -0.153. The number of carboxylic acids is 1. The number of aliphatic carboxylic acids is 1. The summed E-state index contributed by atoms with van der Waals surface area (Å²) in [6.07, 6.45) is 0.112. The van der Waals surface area contributed by atoms with Crippen molar-refractivity contribution in [2.75, 3.05) is 13.1 Å². The van der Waals surface area contributed by atoms with E-state index in [-0.39, 0.29) is 37.1 Å². The molecule has 0 rings (SSSR count). The third-order valence-corrected chi connectivity index (χ3v) is 3.34. The van der Waals surface area contributed by atoms with Crippen molar-refractivity contribution >= 4 is 17.8 Å². The van der Waals surface area contributed by atoms with Crippen molar-refractivity contribution in [3.8, 4) is 0 Å². The second kappa shape index (κ2) is 7.76. The Hall–Kier alpha value is -1.59. The molecule has 0 heterocycles. The van der Waals surface area contributed by atoms with Gasteiger partial charge in [0.2, 0.25) is 11.8 Å². The van der Waals surface area contributed by atoms with E-state index < -0.39 is 11.4 Å². The third kappa shape index (κ3) is 5.72. The zero-order valence-electron chi connectivity index (χ0n) is 12.1. The minimum Gasteiger partial charge on any atom is -0.481 e. The average Bonchev–Trinajstić information content (AvgIpc) is 2.28. The summed E-state index contributed by atoms with van der Waals surface area (Å²) in [6.45, 7) is 7.70. The van der Waals surface area contributed by atoms with E-state index >= 15 is 0 Å². The highest BCUT2D eigenvalue weighted by molar-refractivity contribution is 5.85. The highest BCUT2D eigenvalue weighted by Crippen LogP contribution is 2.31. The molecule has 0 saturated heterocycles. The molecule has 0 aliphatic rings. The highest BCUT2D eigenvalue weighted by Gasteiger charge is 2.38. The van der Waals surface area contributed by atoms with Crippen molar-refractivity contribution in [3.05, 3.63) is 0 Å². The Morgan fingerprint density at radius 1 is 1.16 bits per heavy atom. The molecule has 0 bridgehead atoms. The Kier molecular flexibility index (Phi) is 7.11. The normalized spacial score (nSPS) is 13.7. The van der Waals surface area contributed by atoms with Gasteiger partial charge in [0.1, 0.15) is 0 Å². The first-order valence-electron chi connectivity index (χ1n) is 6.50. The molecule has 0 aromatic heterocycles. The van der Waals surface area contributed by atoms with Gasteiger partial charge in [-0.3, -0.25) is 14.4 Å². The van der Waals surface area contributed by atoms with Crippen LogP contribution in [0.25, 0.3) is 0 Å². The highest BCUT2D eigenvalue weighted by atomic mass is 16.4. The number of hydrogen-bond donors (Lipinski definition) is 3. The average molecular weight is 272 g/mol. The van der Waals surface area contributed by atoms with Gasteiger partial charge in [-0.05, 0) is 19.8 Å². The van der Waals surface area contributed by atoms with Crippen LogP contribution in [0.15, 0.2) is 0 Å². The van der Waals surface area contributed by atoms with E-state index in [9.17, 15) is 19.5 Å². The standard InChI is InChI=1S/C13H24N2O4/c1-5-14-10(16)6-7-15-11(17)8-13(4,9(2)3)12(18)19/h9H,5-8H2,1-4H3,(H,14,16)(H,15,17)(H,18,19). The van der Waals surface area contributed by atoms with Gasteiger partial charge in [0.15, 0.2) is 0 Å². The predicted octanol–water partition coefficient (Wildman–Crippen LogP) is 0.766. The molecule has 0 spiro atoms. The zero-order chi connectivity index (χ0) is 15.1. The molecule has 0 aromatic carbocycles. The minimum absolute atomic E-state index is 0.0879. The first-order valence-corrected chi connectivity index (χ1v) is 6.50. The van der Waals surface area contributed by atoms with Crippen molar-refractivity contribution in [1.82, 2.24) is 10.6 Å². The van der Waals surface area contributed by atoms with Gasteiger partial charge in [-0.2, -0.15) is 0 Å². The van der Waals surface area contributed by atoms with Gasteiger partial charge in [0.25, 0.3) is 0 Å². The van der Waals surface area contributed by atoms with Crippen LogP contribution in [0.4, 0.5) is 0 Å². The van der Waals surface area contributed by atoms with Crippen LogP contribution in [-0.4, -0.2) is 36.0 Å². The summed E-state index contributed by atoms with van der Waals surface area (Å²) in [6, 6.07) is 0. The Morgan fingerprint density at radius 3 is 2.16 bits per heavy atom. The second-order valence-electron chi connectivity index (χ2n) is 5.11. The molecule has 1 atom stereocenters. The van der Waals surface area contributed by atoms with Crippen LogP contribution < -0.4 is 10.6 Å². The minimum atomic E-state index is -1.09. The molecule has 0 aliphatic carbocycles. The zero-order valence-corrected chi connectivity index (χ0v) is 12.1. The van der Waals surface area contributed by atoms with Crippen LogP contribution in [0.2, 0.25) is 0 Å². The second-order valence-corrected chi connectivity index (χ2v) is 5.11. The molecule has 2 amide bonds. The van der Waals surface area contributed by atoms with E-state index in [1.807, 2.05) is 6.92 Å². The maximum Gasteiger partial charge on any atom is 0.310 e. The van der Waals surface area contributed by atoms with Gasteiger partial charge in [-0.1, -0.05) is 13.8 Å². The summed E-state index contributed by atoms with van der Waals surface area (Å²) < 4.78 is 0. The van der Waals surface area contributed by atoms with E-state index in [1.165, 1.54) is 0 Å². The number of hydrogen-bond acceptors (Lipinski definition) is 3. The lowest BCUT2D eigenvalue weighted by Crippen LogP contribution is -2.40. The number of rotatable bonds is 8. The fourth-order valence-electron chi connectivity index (χ4n) is 1.52. The Labute approximate surface area is 113 Å². The van der Waals surface area contributed by atoms with Crippen LogP contribution in [0.1, 0.15) is 40.5 Å². The molecule has 0 saturated carbocycles. The summed E-state index contributed by atoms with van der Waals surface area (Å²) in [5.74, 6) is -1.61. The molecule has 0 radical (unpaired) electrons. The van der Waals surface area contributed by atoms with Crippen molar-refractivity contribution in [1.29, 1.82) is 0 Å². The van der Waals surface area contributed by atoms with Crippen LogP contribution in [0.3, 0.4) is 0 Å². The molecule has 1 unspecified atom stereocenters. The molecule has 110 valence electrons. The van der Waals surface area contributed by atoms with Gasteiger partial charge in [0.05, 0.1) is 5.41 Å². The lowest BCUT2D eigenvalue weighted by Gasteiger charge is -2.28. The topological polar surface area (TPSA) is 95.5 Å². The van der Waals surface area contributed by atoms with E-state index in [0.717, 1.165) is 0 Å². The van der Waals surface area contributed by atoms with Gasteiger partial charge >= 0.3 is 5.97 Å². The number of carbonyl (C=O) groups excluding carboxylic acids is 2. The SMILES string of the molecule is CCNC(=O)CCNC(=O)CC(C)(C(=O)O)C(C)C. The Bertz CT molecular complexity index is 342. The Morgan fingerprint density at radius 2 is 1.74 bits per heavy atom. The molecule has 3 N–H and O–H groups in total. The first kappa shape index (κ1) is 17.4. The van der Waals surface area contributed by atoms with Crippen LogP contribution >= 0.6 is 0 Å². The van der Waals surface area contributed by atoms with Crippen molar-refractivity contribution in [2.45, 2.75) is 40.5 Å². The molecule has 0 fully saturated rings. The van der Waals surface area contributed by atoms with Crippen molar-refractivity contribution in [3.63, 3.8) is 0 Å². The maximum absolute atomic E-state index is 11.7. The number of amides is 2. The fourth-order valence-corrected chi connectivity index (χ4v) is 1.52. The summed E-state index contributed by atoms with van der Waals surface area (Å²) in [4.78, 5) is 34.1. The van der Waals surface area contributed by atoms with Gasteiger partial charge < -0.3 is 15.7 Å². The van der Waals surface area contributed by atoms with E-state index in [2.05, 4.69) is 10.6 Å². The van der Waals surface area contributed by atoms with Gasteiger partial charge in [-0.15, -0.1) is 0 Å². The van der Waals surface area contributed by atoms with Crippen LogP contribution in [-0.2, 0) is 14.4 Å². The van der Waals surface area contributed by atoms with Crippen LogP contribution in [0, 0.1) is 11.3 Å². The molecule has 0 aromatic rings. The third-order valence-electron chi connectivity index (χ3n) is 3.34. The molecule has 6 heteroatoms. The molecule has 19 heavy (non-hydrogen) atoms. The summed E-state index contributed by atoms with van der Waals surface area (Å²) >= 11 is 0. The van der Waals surface area contributed by atoms with E-state index in [4.69, 9.17) is 0 Å². The van der Waals surface area contributed by atoms with Gasteiger partial charge in [-0.25, -0.2) is 0 Å². The maximum atomic E-state index is 11.7. The lowest BCUT2D eigenvalue weighted by atomic mass is 9.76. The first-order chi connectivity index (χ1) is 8.74. The Balaban J connectivity index is 4.23. The van der Waals surface area contributed by atoms with Gasteiger partial charge in [0, 0.05) is 25.9 Å². The monoisotopic (exact) mass is 272 g/mol. The quantitative estimate of drug-likeness (QED) is 0.608. The van der Waals surface area contributed by atoms with Crippen molar-refractivity contribution in [2.24, 2.45) is 11.3 Å². The molecular formula is C13H24N2O4. The van der Waals surface area contributed by atoms with Crippen molar-refractivity contribution < 1.29 is 19.5 Å².